The molecule has 0 bridgehead atoms. The highest BCUT2D eigenvalue weighted by molar-refractivity contribution is 5.80. The van der Waals surface area contributed by atoms with Crippen molar-refractivity contribution in [3.8, 4) is 0 Å². The zero-order valence-corrected chi connectivity index (χ0v) is 10.9. The number of hydrogen-bond acceptors (Lipinski definition) is 3. The molecule has 0 radical (unpaired) electrons. The van der Waals surface area contributed by atoms with Crippen LogP contribution in [0.5, 0.6) is 0 Å². The molecule has 1 atom stereocenters. The number of morpholine rings is 1. The molecular formula is C13H24N2O2. The van der Waals surface area contributed by atoms with Crippen molar-refractivity contribution in [2.75, 3.05) is 26.3 Å². The molecule has 0 aromatic carbocycles. The molecule has 1 amide bonds. The summed E-state index contributed by atoms with van der Waals surface area (Å²) < 4.78 is 5.32. The number of nitrogens with zero attached hydrogens (tertiary/aromatic N) is 1. The summed E-state index contributed by atoms with van der Waals surface area (Å²) in [4.78, 5) is 13.5. The van der Waals surface area contributed by atoms with Crippen LogP contribution in [0, 0.1) is 17.8 Å². The lowest BCUT2D eigenvalue weighted by Gasteiger charge is -2.43. The second kappa shape index (κ2) is 5.36. The Morgan fingerprint density at radius 1 is 1.47 bits per heavy atom. The highest BCUT2D eigenvalue weighted by Gasteiger charge is 2.35. The fraction of sp³-hybridized carbons (Fsp3) is 0.923. The molecule has 17 heavy (non-hydrogen) atoms. The lowest BCUT2D eigenvalue weighted by molar-refractivity contribution is -0.130. The van der Waals surface area contributed by atoms with Gasteiger partial charge in [-0.1, -0.05) is 13.8 Å². The number of carbonyl (C=O) groups is 1. The van der Waals surface area contributed by atoms with Crippen LogP contribution in [0.25, 0.3) is 0 Å². The lowest BCUT2D eigenvalue weighted by atomic mass is 9.69. The molecule has 1 aliphatic carbocycles. The number of carbonyl (C=O) groups excluding carboxylic acids is 1. The SMILES string of the molecule is CC(C)C1CC(CN2CCOC[C@H]2C(N)=O)C1. The molecule has 2 aliphatic rings. The number of ether oxygens (including phenoxy) is 1. The molecule has 1 saturated heterocycles. The van der Waals surface area contributed by atoms with Crippen molar-refractivity contribution in [1.29, 1.82) is 0 Å². The quantitative estimate of drug-likeness (QED) is 0.793. The predicted octanol–water partition coefficient (Wildman–Crippen LogP) is 0.855. The molecule has 1 aliphatic heterocycles. The first kappa shape index (κ1) is 12.8. The van der Waals surface area contributed by atoms with Crippen LogP contribution >= 0.6 is 0 Å². The second-order valence-electron chi connectivity index (χ2n) is 5.83. The van der Waals surface area contributed by atoms with E-state index in [0.717, 1.165) is 37.5 Å². The molecule has 0 aromatic rings. The van der Waals surface area contributed by atoms with Crippen LogP contribution in [0.3, 0.4) is 0 Å². The number of primary amides is 1. The Morgan fingerprint density at radius 2 is 2.18 bits per heavy atom. The fourth-order valence-electron chi connectivity index (χ4n) is 2.93. The van der Waals surface area contributed by atoms with E-state index < -0.39 is 0 Å². The van der Waals surface area contributed by atoms with Crippen LogP contribution in [0.1, 0.15) is 26.7 Å². The number of nitrogens with two attached hydrogens (primary N) is 1. The van der Waals surface area contributed by atoms with Gasteiger partial charge in [-0.15, -0.1) is 0 Å². The lowest BCUT2D eigenvalue weighted by Crippen LogP contribution is -2.54. The molecule has 2 rings (SSSR count). The minimum absolute atomic E-state index is 0.207. The highest BCUT2D eigenvalue weighted by atomic mass is 16.5. The summed E-state index contributed by atoms with van der Waals surface area (Å²) >= 11 is 0. The van der Waals surface area contributed by atoms with Gasteiger partial charge in [-0.05, 0) is 30.6 Å². The van der Waals surface area contributed by atoms with Gasteiger partial charge in [-0.25, -0.2) is 0 Å². The van der Waals surface area contributed by atoms with Crippen molar-refractivity contribution in [3.63, 3.8) is 0 Å². The molecule has 0 aromatic heterocycles. The fourth-order valence-corrected chi connectivity index (χ4v) is 2.93. The largest absolute Gasteiger partial charge is 0.378 e. The monoisotopic (exact) mass is 240 g/mol. The summed E-state index contributed by atoms with van der Waals surface area (Å²) in [6, 6.07) is -0.207. The minimum atomic E-state index is -0.246. The number of hydrogen-bond donors (Lipinski definition) is 1. The summed E-state index contributed by atoms with van der Waals surface area (Å²) in [7, 11) is 0. The van der Waals surface area contributed by atoms with E-state index in [2.05, 4.69) is 18.7 Å². The van der Waals surface area contributed by atoms with Gasteiger partial charge in [-0.2, -0.15) is 0 Å². The maximum Gasteiger partial charge on any atom is 0.237 e. The third-order valence-electron chi connectivity index (χ3n) is 4.28. The number of amides is 1. The third-order valence-corrected chi connectivity index (χ3v) is 4.28. The van der Waals surface area contributed by atoms with Crippen LogP contribution in [0.4, 0.5) is 0 Å². The molecular weight excluding hydrogens is 216 g/mol. The molecule has 0 spiro atoms. The van der Waals surface area contributed by atoms with Gasteiger partial charge in [0.2, 0.25) is 5.91 Å². The van der Waals surface area contributed by atoms with Gasteiger partial charge < -0.3 is 10.5 Å². The normalized spacial score (nSPS) is 34.6. The van der Waals surface area contributed by atoms with E-state index in [1.54, 1.807) is 0 Å². The first-order valence-electron chi connectivity index (χ1n) is 6.69. The average Bonchev–Trinajstić information content (AvgIpc) is 2.22. The van der Waals surface area contributed by atoms with E-state index in [1.807, 2.05) is 0 Å². The molecule has 1 heterocycles. The topological polar surface area (TPSA) is 55.6 Å². The zero-order valence-electron chi connectivity index (χ0n) is 10.9. The maximum absolute atomic E-state index is 11.3. The Balaban J connectivity index is 1.80. The molecule has 0 unspecified atom stereocenters. The number of rotatable bonds is 4. The van der Waals surface area contributed by atoms with Crippen LogP contribution in [-0.2, 0) is 9.53 Å². The second-order valence-corrected chi connectivity index (χ2v) is 5.83. The molecule has 4 nitrogen and oxygen atoms in total. The Kier molecular flexibility index (Phi) is 4.05. The summed E-state index contributed by atoms with van der Waals surface area (Å²) in [6.07, 6.45) is 2.61. The smallest absolute Gasteiger partial charge is 0.237 e. The molecule has 2 N–H and O–H groups in total. The van der Waals surface area contributed by atoms with E-state index in [9.17, 15) is 4.79 Å². The first-order valence-corrected chi connectivity index (χ1v) is 6.69. The third kappa shape index (κ3) is 2.99. The molecule has 4 heteroatoms. The van der Waals surface area contributed by atoms with Gasteiger partial charge in [0.25, 0.3) is 0 Å². The van der Waals surface area contributed by atoms with Gasteiger partial charge in [0.1, 0.15) is 6.04 Å². The molecule has 98 valence electrons. The van der Waals surface area contributed by atoms with Gasteiger partial charge >= 0.3 is 0 Å². The highest BCUT2D eigenvalue weighted by Crippen LogP contribution is 2.39. The van der Waals surface area contributed by atoms with Gasteiger partial charge in [-0.3, -0.25) is 9.69 Å². The standard InChI is InChI=1S/C13H24N2O2/c1-9(2)11-5-10(6-11)7-15-3-4-17-8-12(15)13(14)16/h9-12H,3-8H2,1-2H3,(H2,14,16)/t10?,11?,12-/m0/s1. The summed E-state index contributed by atoms with van der Waals surface area (Å²) in [6.45, 7) is 7.64. The predicted molar refractivity (Wildman–Crippen MR) is 66.4 cm³/mol. The van der Waals surface area contributed by atoms with Crippen molar-refractivity contribution in [2.24, 2.45) is 23.5 Å². The van der Waals surface area contributed by atoms with Crippen molar-refractivity contribution in [3.05, 3.63) is 0 Å². The summed E-state index contributed by atoms with van der Waals surface area (Å²) in [5.74, 6) is 2.18. The van der Waals surface area contributed by atoms with E-state index in [-0.39, 0.29) is 11.9 Å². The molecule has 1 saturated carbocycles. The summed E-state index contributed by atoms with van der Waals surface area (Å²) in [5.41, 5.74) is 5.41. The van der Waals surface area contributed by atoms with Gasteiger partial charge in [0.05, 0.1) is 13.2 Å². The Hall–Kier alpha value is -0.610. The van der Waals surface area contributed by atoms with Crippen molar-refractivity contribution >= 4 is 5.91 Å². The Morgan fingerprint density at radius 3 is 2.76 bits per heavy atom. The van der Waals surface area contributed by atoms with Crippen LogP contribution < -0.4 is 5.73 Å². The Bertz CT molecular complexity index is 275. The van der Waals surface area contributed by atoms with E-state index in [0.29, 0.717) is 6.61 Å². The zero-order chi connectivity index (χ0) is 12.4. The average molecular weight is 240 g/mol. The van der Waals surface area contributed by atoms with E-state index in [4.69, 9.17) is 10.5 Å². The first-order chi connectivity index (χ1) is 8.08. The molecule has 2 fully saturated rings. The maximum atomic E-state index is 11.3. The van der Waals surface area contributed by atoms with Crippen LogP contribution in [0.2, 0.25) is 0 Å². The van der Waals surface area contributed by atoms with Crippen molar-refractivity contribution in [1.82, 2.24) is 4.90 Å². The van der Waals surface area contributed by atoms with Gasteiger partial charge in [0.15, 0.2) is 0 Å². The van der Waals surface area contributed by atoms with Crippen molar-refractivity contribution < 1.29 is 9.53 Å². The van der Waals surface area contributed by atoms with Crippen LogP contribution in [0.15, 0.2) is 0 Å². The van der Waals surface area contributed by atoms with Gasteiger partial charge in [0, 0.05) is 13.1 Å². The van der Waals surface area contributed by atoms with Crippen LogP contribution in [-0.4, -0.2) is 43.2 Å². The minimum Gasteiger partial charge on any atom is -0.378 e. The van der Waals surface area contributed by atoms with E-state index in [1.165, 1.54) is 12.8 Å². The summed E-state index contributed by atoms with van der Waals surface area (Å²) in [5, 5.41) is 0. The Labute approximate surface area is 103 Å². The van der Waals surface area contributed by atoms with Crippen molar-refractivity contribution in [2.45, 2.75) is 32.7 Å². The van der Waals surface area contributed by atoms with E-state index >= 15 is 0 Å².